The standard InChI is InChI=1S/C9H12O4/c1-9(8-3-2-4-11-8)12-6-7(5-10)13-9/h2-4,7,10H,5-6H2,1H3. The first-order valence-electron chi connectivity index (χ1n) is 4.21. The maximum atomic E-state index is 8.86. The Balaban J connectivity index is 2.15. The van der Waals surface area contributed by atoms with Gasteiger partial charge in [-0.25, -0.2) is 0 Å². The van der Waals surface area contributed by atoms with Crippen molar-refractivity contribution in [1.82, 2.24) is 0 Å². The number of hydrogen-bond acceptors (Lipinski definition) is 4. The van der Waals surface area contributed by atoms with Crippen LogP contribution in [0.2, 0.25) is 0 Å². The molecule has 1 saturated heterocycles. The van der Waals surface area contributed by atoms with E-state index in [0.29, 0.717) is 12.4 Å². The highest BCUT2D eigenvalue weighted by molar-refractivity contribution is 5.06. The Hall–Kier alpha value is -0.840. The third-order valence-electron chi connectivity index (χ3n) is 2.11. The molecule has 0 amide bonds. The Labute approximate surface area is 76.1 Å². The topological polar surface area (TPSA) is 51.8 Å². The predicted octanol–water partition coefficient (Wildman–Crippen LogP) is 0.860. The van der Waals surface area contributed by atoms with Gasteiger partial charge in [0.05, 0.1) is 19.5 Å². The van der Waals surface area contributed by atoms with Crippen LogP contribution in [0.4, 0.5) is 0 Å². The number of hydrogen-bond donors (Lipinski definition) is 1. The van der Waals surface area contributed by atoms with Gasteiger partial charge >= 0.3 is 0 Å². The van der Waals surface area contributed by atoms with E-state index < -0.39 is 5.79 Å². The van der Waals surface area contributed by atoms with Crippen LogP contribution in [-0.2, 0) is 15.3 Å². The van der Waals surface area contributed by atoms with Crippen molar-refractivity contribution < 1.29 is 19.0 Å². The van der Waals surface area contributed by atoms with Crippen molar-refractivity contribution in [2.45, 2.75) is 18.8 Å². The van der Waals surface area contributed by atoms with E-state index >= 15 is 0 Å². The number of aliphatic hydroxyl groups excluding tert-OH is 1. The molecule has 0 aromatic carbocycles. The van der Waals surface area contributed by atoms with Crippen molar-refractivity contribution >= 4 is 0 Å². The van der Waals surface area contributed by atoms with Crippen LogP contribution in [0.25, 0.3) is 0 Å². The summed E-state index contributed by atoms with van der Waals surface area (Å²) in [6.07, 6.45) is 1.31. The normalized spacial score (nSPS) is 33.8. The molecular formula is C9H12O4. The molecule has 1 fully saturated rings. The Morgan fingerprint density at radius 3 is 3.08 bits per heavy atom. The largest absolute Gasteiger partial charge is 0.464 e. The minimum Gasteiger partial charge on any atom is -0.464 e. The molecule has 2 unspecified atom stereocenters. The molecule has 1 aromatic heterocycles. The van der Waals surface area contributed by atoms with Gasteiger partial charge in [-0.3, -0.25) is 0 Å². The van der Waals surface area contributed by atoms with Crippen LogP contribution in [-0.4, -0.2) is 24.4 Å². The Bertz CT molecular complexity index is 269. The maximum Gasteiger partial charge on any atom is 0.225 e. The summed E-state index contributed by atoms with van der Waals surface area (Å²) in [5, 5.41) is 8.86. The van der Waals surface area contributed by atoms with Gasteiger partial charge < -0.3 is 19.0 Å². The highest BCUT2D eigenvalue weighted by Gasteiger charge is 2.40. The van der Waals surface area contributed by atoms with E-state index in [2.05, 4.69) is 0 Å². The first kappa shape index (κ1) is 8.74. The molecular weight excluding hydrogens is 172 g/mol. The van der Waals surface area contributed by atoms with E-state index in [4.69, 9.17) is 19.0 Å². The summed E-state index contributed by atoms with van der Waals surface area (Å²) in [7, 11) is 0. The number of aliphatic hydroxyl groups is 1. The molecule has 0 saturated carbocycles. The van der Waals surface area contributed by atoms with Gasteiger partial charge in [-0.2, -0.15) is 0 Å². The fourth-order valence-electron chi connectivity index (χ4n) is 1.39. The lowest BCUT2D eigenvalue weighted by Crippen LogP contribution is -2.24. The van der Waals surface area contributed by atoms with Gasteiger partial charge in [0.2, 0.25) is 5.79 Å². The Morgan fingerprint density at radius 2 is 2.54 bits per heavy atom. The van der Waals surface area contributed by atoms with E-state index in [0.717, 1.165) is 0 Å². The SMILES string of the molecule is CC1(c2ccco2)OCC(CO)O1. The van der Waals surface area contributed by atoms with E-state index in [1.807, 2.05) is 0 Å². The monoisotopic (exact) mass is 184 g/mol. The van der Waals surface area contributed by atoms with Crippen LogP contribution in [0.15, 0.2) is 22.8 Å². The number of furan rings is 1. The summed E-state index contributed by atoms with van der Waals surface area (Å²) in [5.41, 5.74) is 0. The van der Waals surface area contributed by atoms with Crippen molar-refractivity contribution in [3.05, 3.63) is 24.2 Å². The summed E-state index contributed by atoms with van der Waals surface area (Å²) < 4.78 is 16.1. The summed E-state index contributed by atoms with van der Waals surface area (Å²) in [6.45, 7) is 2.14. The van der Waals surface area contributed by atoms with Crippen LogP contribution in [0.1, 0.15) is 12.7 Å². The molecule has 72 valence electrons. The predicted molar refractivity (Wildman–Crippen MR) is 44.0 cm³/mol. The lowest BCUT2D eigenvalue weighted by Gasteiger charge is -2.19. The van der Waals surface area contributed by atoms with E-state index in [1.165, 1.54) is 0 Å². The molecule has 4 nitrogen and oxygen atoms in total. The second-order valence-electron chi connectivity index (χ2n) is 3.16. The summed E-state index contributed by atoms with van der Waals surface area (Å²) in [6, 6.07) is 3.57. The van der Waals surface area contributed by atoms with Crippen molar-refractivity contribution in [2.75, 3.05) is 13.2 Å². The molecule has 13 heavy (non-hydrogen) atoms. The molecule has 1 aliphatic rings. The van der Waals surface area contributed by atoms with Gasteiger partial charge in [-0.15, -0.1) is 0 Å². The lowest BCUT2D eigenvalue weighted by molar-refractivity contribution is -0.177. The molecule has 4 heteroatoms. The Kier molecular flexibility index (Phi) is 2.11. The minimum atomic E-state index is -0.836. The first-order chi connectivity index (χ1) is 6.24. The van der Waals surface area contributed by atoms with Gasteiger partial charge in [0, 0.05) is 0 Å². The molecule has 2 heterocycles. The second kappa shape index (κ2) is 3.14. The third-order valence-corrected chi connectivity index (χ3v) is 2.11. The van der Waals surface area contributed by atoms with Crippen LogP contribution in [0.5, 0.6) is 0 Å². The zero-order valence-electron chi connectivity index (χ0n) is 7.40. The van der Waals surface area contributed by atoms with Crippen molar-refractivity contribution in [3.63, 3.8) is 0 Å². The Morgan fingerprint density at radius 1 is 1.69 bits per heavy atom. The summed E-state index contributed by atoms with van der Waals surface area (Å²) >= 11 is 0. The zero-order chi connectivity index (χ0) is 9.31. The minimum absolute atomic E-state index is 0.0314. The molecule has 1 N–H and O–H groups in total. The van der Waals surface area contributed by atoms with Crippen LogP contribution in [0, 0.1) is 0 Å². The number of ether oxygens (including phenoxy) is 2. The molecule has 1 aromatic rings. The quantitative estimate of drug-likeness (QED) is 0.740. The molecule has 0 radical (unpaired) electrons. The molecule has 0 bridgehead atoms. The van der Waals surface area contributed by atoms with Gasteiger partial charge in [0.15, 0.2) is 5.76 Å². The van der Waals surface area contributed by atoms with Gasteiger partial charge in [-0.1, -0.05) is 0 Å². The van der Waals surface area contributed by atoms with E-state index in [9.17, 15) is 0 Å². The maximum absolute atomic E-state index is 8.86. The van der Waals surface area contributed by atoms with Crippen molar-refractivity contribution in [2.24, 2.45) is 0 Å². The van der Waals surface area contributed by atoms with Gasteiger partial charge in [0.25, 0.3) is 0 Å². The molecule has 2 atom stereocenters. The smallest absolute Gasteiger partial charge is 0.225 e. The van der Waals surface area contributed by atoms with Gasteiger partial charge in [0.1, 0.15) is 6.10 Å². The fraction of sp³-hybridized carbons (Fsp3) is 0.556. The van der Waals surface area contributed by atoms with Crippen LogP contribution in [0.3, 0.4) is 0 Å². The molecule has 0 spiro atoms. The highest BCUT2D eigenvalue weighted by Crippen LogP contribution is 2.33. The average Bonchev–Trinajstić information content (AvgIpc) is 2.72. The van der Waals surface area contributed by atoms with E-state index in [1.54, 1.807) is 25.3 Å². The molecule has 0 aliphatic carbocycles. The van der Waals surface area contributed by atoms with Crippen LogP contribution >= 0.6 is 0 Å². The zero-order valence-corrected chi connectivity index (χ0v) is 7.40. The molecule has 2 rings (SSSR count). The lowest BCUT2D eigenvalue weighted by atomic mass is 10.2. The fourth-order valence-corrected chi connectivity index (χ4v) is 1.39. The molecule has 1 aliphatic heterocycles. The third kappa shape index (κ3) is 1.48. The van der Waals surface area contributed by atoms with Crippen molar-refractivity contribution in [1.29, 1.82) is 0 Å². The van der Waals surface area contributed by atoms with Crippen molar-refractivity contribution in [3.8, 4) is 0 Å². The highest BCUT2D eigenvalue weighted by atomic mass is 16.8. The average molecular weight is 184 g/mol. The second-order valence-corrected chi connectivity index (χ2v) is 3.16. The summed E-state index contributed by atoms with van der Waals surface area (Å²) in [4.78, 5) is 0. The van der Waals surface area contributed by atoms with E-state index in [-0.39, 0.29) is 12.7 Å². The first-order valence-corrected chi connectivity index (χ1v) is 4.21. The number of rotatable bonds is 2. The van der Waals surface area contributed by atoms with Crippen LogP contribution < -0.4 is 0 Å². The van der Waals surface area contributed by atoms with Gasteiger partial charge in [-0.05, 0) is 19.1 Å². The summed E-state index contributed by atoms with van der Waals surface area (Å²) in [5.74, 6) is -0.208.